The predicted octanol–water partition coefficient (Wildman–Crippen LogP) is 3.39. The van der Waals surface area contributed by atoms with Crippen LogP contribution in [0.25, 0.3) is 0 Å². The Morgan fingerprint density at radius 1 is 1.33 bits per heavy atom. The molecule has 1 rings (SSSR count). The quantitative estimate of drug-likeness (QED) is 0.626. The molecule has 1 amide bonds. The minimum atomic E-state index is 0.291. The fourth-order valence-electron chi connectivity index (χ4n) is 1.07. The Balaban J connectivity index is 2.71. The van der Waals surface area contributed by atoms with Gasteiger partial charge in [-0.15, -0.1) is 11.8 Å². The minimum Gasteiger partial charge on any atom is -0.328 e. The molecule has 0 radical (unpaired) electrons. The predicted molar refractivity (Wildman–Crippen MR) is 66.3 cm³/mol. The van der Waals surface area contributed by atoms with E-state index in [1.165, 1.54) is 0 Å². The van der Waals surface area contributed by atoms with Gasteiger partial charge in [-0.3, -0.25) is 4.79 Å². The van der Waals surface area contributed by atoms with Gasteiger partial charge in [0.15, 0.2) is 0 Å². The molecule has 0 aliphatic rings. The molecule has 3 heteroatoms. The molecule has 0 saturated heterocycles. The molecule has 15 heavy (non-hydrogen) atoms. The first-order valence-electron chi connectivity index (χ1n) is 4.95. The van der Waals surface area contributed by atoms with Crippen molar-refractivity contribution in [2.24, 2.45) is 5.41 Å². The highest BCUT2D eigenvalue weighted by Gasteiger charge is 2.11. The number of hydrogen-bond donors (Lipinski definition) is 1. The fraction of sp³-hybridized carbons (Fsp3) is 0.417. The highest BCUT2D eigenvalue weighted by atomic mass is 32.2. The maximum atomic E-state index is 10.4. The summed E-state index contributed by atoms with van der Waals surface area (Å²) >= 11 is 1.77. The summed E-state index contributed by atoms with van der Waals surface area (Å²) < 4.78 is 0. The molecule has 0 bridgehead atoms. The number of hydrogen-bond acceptors (Lipinski definition) is 2. The fourth-order valence-corrected chi connectivity index (χ4v) is 2.12. The Morgan fingerprint density at radius 3 is 2.60 bits per heavy atom. The van der Waals surface area contributed by atoms with Crippen LogP contribution in [0.2, 0.25) is 0 Å². The van der Waals surface area contributed by atoms with Crippen LogP contribution in [0.3, 0.4) is 0 Å². The number of anilines is 1. The van der Waals surface area contributed by atoms with E-state index < -0.39 is 0 Å². The molecular formula is C12H17NOS. The maximum absolute atomic E-state index is 10.4. The number of nitrogens with one attached hydrogen (secondary N) is 1. The summed E-state index contributed by atoms with van der Waals surface area (Å²) in [6.07, 6.45) is 0.719. The smallest absolute Gasteiger partial charge is 0.211 e. The molecule has 2 nitrogen and oxygen atoms in total. The van der Waals surface area contributed by atoms with Gasteiger partial charge in [-0.25, -0.2) is 0 Å². The van der Waals surface area contributed by atoms with Gasteiger partial charge in [0.05, 0.1) is 5.69 Å². The van der Waals surface area contributed by atoms with Crippen LogP contribution >= 0.6 is 11.8 Å². The SMILES string of the molecule is CC(C)(C)CSc1ccccc1NC=O. The van der Waals surface area contributed by atoms with Crippen LogP contribution in [0.1, 0.15) is 20.8 Å². The molecule has 0 saturated carbocycles. The van der Waals surface area contributed by atoms with E-state index in [0.29, 0.717) is 5.41 Å². The molecule has 1 aromatic rings. The Kier molecular flexibility index (Phi) is 4.21. The number of carbonyl (C=O) groups is 1. The Bertz CT molecular complexity index is 331. The average molecular weight is 223 g/mol. The van der Waals surface area contributed by atoms with E-state index in [1.807, 2.05) is 24.3 Å². The van der Waals surface area contributed by atoms with Crippen LogP contribution in [0, 0.1) is 5.41 Å². The molecule has 0 fully saturated rings. The van der Waals surface area contributed by atoms with Crippen molar-refractivity contribution in [1.82, 2.24) is 0 Å². The van der Waals surface area contributed by atoms with Crippen LogP contribution in [0.4, 0.5) is 5.69 Å². The van der Waals surface area contributed by atoms with Crippen molar-refractivity contribution in [2.45, 2.75) is 25.7 Å². The second kappa shape index (κ2) is 5.21. The maximum Gasteiger partial charge on any atom is 0.211 e. The van der Waals surface area contributed by atoms with Gasteiger partial charge >= 0.3 is 0 Å². The first-order valence-corrected chi connectivity index (χ1v) is 5.93. The monoisotopic (exact) mass is 223 g/mol. The lowest BCUT2D eigenvalue weighted by atomic mass is 10.0. The lowest BCUT2D eigenvalue weighted by molar-refractivity contribution is -0.105. The summed E-state index contributed by atoms with van der Waals surface area (Å²) in [5.74, 6) is 1.03. The van der Waals surface area contributed by atoms with E-state index in [2.05, 4.69) is 26.1 Å². The van der Waals surface area contributed by atoms with Crippen LogP contribution in [0.15, 0.2) is 29.2 Å². The van der Waals surface area contributed by atoms with Crippen LogP contribution in [-0.2, 0) is 4.79 Å². The molecule has 0 atom stereocenters. The van der Waals surface area contributed by atoms with Crippen molar-refractivity contribution in [2.75, 3.05) is 11.1 Å². The van der Waals surface area contributed by atoms with Gasteiger partial charge < -0.3 is 5.32 Å². The second-order valence-corrected chi connectivity index (χ2v) is 5.62. The number of benzene rings is 1. The van der Waals surface area contributed by atoms with Crippen molar-refractivity contribution in [3.8, 4) is 0 Å². The van der Waals surface area contributed by atoms with Crippen molar-refractivity contribution >= 4 is 23.9 Å². The van der Waals surface area contributed by atoms with Crippen molar-refractivity contribution in [3.05, 3.63) is 24.3 Å². The number of carbonyl (C=O) groups excluding carboxylic acids is 1. The molecule has 0 unspecified atom stereocenters. The van der Waals surface area contributed by atoms with Gasteiger partial charge in [0.25, 0.3) is 0 Å². The molecule has 0 spiro atoms. The van der Waals surface area contributed by atoms with E-state index in [0.717, 1.165) is 22.7 Å². The van der Waals surface area contributed by atoms with Gasteiger partial charge in [-0.1, -0.05) is 32.9 Å². The normalized spacial score (nSPS) is 11.1. The van der Waals surface area contributed by atoms with Gasteiger partial charge in [0.1, 0.15) is 0 Å². The number of para-hydroxylation sites is 1. The number of thioether (sulfide) groups is 1. The molecule has 0 aliphatic heterocycles. The summed E-state index contributed by atoms with van der Waals surface area (Å²) in [5, 5.41) is 2.71. The van der Waals surface area contributed by atoms with E-state index in [1.54, 1.807) is 11.8 Å². The van der Waals surface area contributed by atoms with E-state index in [4.69, 9.17) is 0 Å². The van der Waals surface area contributed by atoms with Crippen LogP contribution in [-0.4, -0.2) is 12.2 Å². The average Bonchev–Trinajstić information content (AvgIpc) is 2.16. The van der Waals surface area contributed by atoms with Crippen LogP contribution < -0.4 is 5.32 Å². The topological polar surface area (TPSA) is 29.1 Å². The third kappa shape index (κ3) is 4.38. The zero-order valence-electron chi connectivity index (χ0n) is 9.41. The molecule has 82 valence electrons. The molecular weight excluding hydrogens is 206 g/mol. The lowest BCUT2D eigenvalue weighted by Gasteiger charge is -2.18. The second-order valence-electron chi connectivity index (χ2n) is 4.61. The summed E-state index contributed by atoms with van der Waals surface area (Å²) in [5.41, 5.74) is 1.18. The highest BCUT2D eigenvalue weighted by Crippen LogP contribution is 2.31. The minimum absolute atomic E-state index is 0.291. The number of amides is 1. The summed E-state index contributed by atoms with van der Waals surface area (Å²) in [6.45, 7) is 6.61. The zero-order valence-corrected chi connectivity index (χ0v) is 10.2. The highest BCUT2D eigenvalue weighted by molar-refractivity contribution is 7.99. The van der Waals surface area contributed by atoms with Crippen molar-refractivity contribution < 1.29 is 4.79 Å². The van der Waals surface area contributed by atoms with Gasteiger partial charge in [0.2, 0.25) is 6.41 Å². The third-order valence-corrected chi connectivity index (χ3v) is 3.44. The van der Waals surface area contributed by atoms with E-state index >= 15 is 0 Å². The molecule has 1 aromatic carbocycles. The van der Waals surface area contributed by atoms with Crippen LogP contribution in [0.5, 0.6) is 0 Å². The van der Waals surface area contributed by atoms with E-state index in [9.17, 15) is 4.79 Å². The third-order valence-electron chi connectivity index (χ3n) is 1.76. The van der Waals surface area contributed by atoms with Gasteiger partial charge in [0, 0.05) is 10.6 Å². The molecule has 1 N–H and O–H groups in total. The van der Waals surface area contributed by atoms with E-state index in [-0.39, 0.29) is 0 Å². The zero-order chi connectivity index (χ0) is 11.3. The molecule has 0 aliphatic carbocycles. The Hall–Kier alpha value is -0.960. The standard InChI is InChI=1S/C12H17NOS/c1-12(2,3)8-15-11-7-5-4-6-10(11)13-9-14/h4-7,9H,8H2,1-3H3,(H,13,14). The largest absolute Gasteiger partial charge is 0.328 e. The lowest BCUT2D eigenvalue weighted by Crippen LogP contribution is -2.08. The summed E-state index contributed by atoms with van der Waals surface area (Å²) in [7, 11) is 0. The Morgan fingerprint density at radius 2 is 2.00 bits per heavy atom. The summed E-state index contributed by atoms with van der Waals surface area (Å²) in [6, 6.07) is 7.86. The first-order chi connectivity index (χ1) is 7.03. The van der Waals surface area contributed by atoms with Gasteiger partial charge in [-0.2, -0.15) is 0 Å². The Labute approximate surface area is 95.5 Å². The molecule has 0 aromatic heterocycles. The number of rotatable bonds is 4. The molecule has 0 heterocycles. The van der Waals surface area contributed by atoms with Crippen molar-refractivity contribution in [3.63, 3.8) is 0 Å². The van der Waals surface area contributed by atoms with Crippen molar-refractivity contribution in [1.29, 1.82) is 0 Å². The first kappa shape index (κ1) is 12.1. The van der Waals surface area contributed by atoms with Gasteiger partial charge in [-0.05, 0) is 17.5 Å². The summed E-state index contributed by atoms with van der Waals surface area (Å²) in [4.78, 5) is 11.5.